The van der Waals surface area contributed by atoms with E-state index >= 15 is 0 Å². The number of nitrogens with two attached hydrogens (primary N) is 1. The highest BCUT2D eigenvalue weighted by Gasteiger charge is 2.39. The molecule has 1 saturated heterocycles. The van der Waals surface area contributed by atoms with Gasteiger partial charge in [-0.05, 0) is 56.4 Å². The highest BCUT2D eigenvalue weighted by Crippen LogP contribution is 2.39. The Bertz CT molecular complexity index is 1440. The number of amides is 1. The summed E-state index contributed by atoms with van der Waals surface area (Å²) in [7, 11) is -4.28. The van der Waals surface area contributed by atoms with Crippen LogP contribution in [0.25, 0.3) is 11.1 Å². The van der Waals surface area contributed by atoms with E-state index < -0.39 is 15.9 Å². The zero-order valence-electron chi connectivity index (χ0n) is 22.4. The number of hydrogen-bond donors (Lipinski definition) is 2. The minimum atomic E-state index is -4.28. The standard InChI is InChI=1S/C28H35N5O4S/c1-18(2)17-37-23-10-7-6-9-21(23)20-13-22(26(30-15-20)33-16-19(3)14-28(33,4)5)27(34)32-38(35,36)25-12-8-11-24(29)31-25/h6-13,15,18-19H,14,16-17H2,1-5H3,(H2,29,31)(H,32,34). The van der Waals surface area contributed by atoms with Gasteiger partial charge in [0.25, 0.3) is 15.9 Å². The molecule has 38 heavy (non-hydrogen) atoms. The Balaban J connectivity index is 1.79. The van der Waals surface area contributed by atoms with Gasteiger partial charge in [-0.2, -0.15) is 8.42 Å². The Labute approximate surface area is 224 Å². The van der Waals surface area contributed by atoms with Gasteiger partial charge in [0.05, 0.1) is 12.2 Å². The summed E-state index contributed by atoms with van der Waals surface area (Å²) in [6, 6.07) is 13.4. The van der Waals surface area contributed by atoms with Crippen LogP contribution < -0.4 is 20.1 Å². The third-order valence-electron chi connectivity index (χ3n) is 6.46. The molecule has 10 heteroatoms. The number of anilines is 2. The Morgan fingerprint density at radius 1 is 1.21 bits per heavy atom. The second-order valence-corrected chi connectivity index (χ2v) is 12.5. The Kier molecular flexibility index (Phi) is 7.64. The second-order valence-electron chi connectivity index (χ2n) is 10.9. The van der Waals surface area contributed by atoms with E-state index in [2.05, 4.69) is 49.2 Å². The molecule has 1 amide bonds. The Hall–Kier alpha value is -3.66. The van der Waals surface area contributed by atoms with Gasteiger partial charge in [0.1, 0.15) is 17.4 Å². The van der Waals surface area contributed by atoms with Crippen molar-refractivity contribution in [1.82, 2.24) is 14.7 Å². The van der Waals surface area contributed by atoms with Crippen LogP contribution in [-0.4, -0.2) is 43.0 Å². The van der Waals surface area contributed by atoms with E-state index in [1.165, 1.54) is 18.2 Å². The molecule has 9 nitrogen and oxygen atoms in total. The van der Waals surface area contributed by atoms with Crippen LogP contribution in [0.15, 0.2) is 59.8 Å². The minimum absolute atomic E-state index is 0.0375. The van der Waals surface area contributed by atoms with Gasteiger partial charge >= 0.3 is 0 Å². The van der Waals surface area contributed by atoms with Gasteiger partial charge in [-0.25, -0.2) is 14.7 Å². The van der Waals surface area contributed by atoms with E-state index in [0.717, 1.165) is 12.0 Å². The van der Waals surface area contributed by atoms with Gasteiger partial charge in [0.2, 0.25) is 0 Å². The largest absolute Gasteiger partial charge is 0.493 e. The summed E-state index contributed by atoms with van der Waals surface area (Å²) in [5.41, 5.74) is 6.95. The minimum Gasteiger partial charge on any atom is -0.493 e. The lowest BCUT2D eigenvalue weighted by Crippen LogP contribution is -2.41. The number of nitrogens with zero attached hydrogens (tertiary/aromatic N) is 3. The Morgan fingerprint density at radius 3 is 2.61 bits per heavy atom. The molecule has 202 valence electrons. The van der Waals surface area contributed by atoms with Crippen LogP contribution in [-0.2, 0) is 10.0 Å². The maximum absolute atomic E-state index is 13.6. The highest BCUT2D eigenvalue weighted by molar-refractivity contribution is 7.90. The van der Waals surface area contributed by atoms with Crippen molar-refractivity contribution < 1.29 is 17.9 Å². The van der Waals surface area contributed by atoms with Crippen molar-refractivity contribution in [3.63, 3.8) is 0 Å². The summed E-state index contributed by atoms with van der Waals surface area (Å²) < 4.78 is 34.3. The molecule has 3 N–H and O–H groups in total. The molecule has 2 aromatic heterocycles. The first kappa shape index (κ1) is 27.4. The molecule has 1 unspecified atom stereocenters. The number of carbonyl (C=O) groups excluding carboxylic acids is 1. The number of hydrogen-bond acceptors (Lipinski definition) is 8. The molecule has 1 fully saturated rings. The van der Waals surface area contributed by atoms with E-state index in [1.807, 2.05) is 24.3 Å². The summed E-state index contributed by atoms with van der Waals surface area (Å²) in [5, 5.41) is -0.334. The maximum atomic E-state index is 13.6. The molecule has 3 heterocycles. The summed E-state index contributed by atoms with van der Waals surface area (Å²) in [6.45, 7) is 11.7. The zero-order valence-corrected chi connectivity index (χ0v) is 23.2. The van der Waals surface area contributed by atoms with Crippen molar-refractivity contribution in [2.24, 2.45) is 11.8 Å². The topological polar surface area (TPSA) is 128 Å². The van der Waals surface area contributed by atoms with Crippen molar-refractivity contribution in [1.29, 1.82) is 0 Å². The maximum Gasteiger partial charge on any atom is 0.281 e. The number of nitrogen functional groups attached to an aromatic ring is 1. The van der Waals surface area contributed by atoms with Crippen molar-refractivity contribution in [3.05, 3.63) is 60.3 Å². The fourth-order valence-electron chi connectivity index (χ4n) is 4.84. The van der Waals surface area contributed by atoms with Crippen molar-refractivity contribution in [3.8, 4) is 16.9 Å². The van der Waals surface area contributed by atoms with E-state index in [1.54, 1.807) is 12.3 Å². The van der Waals surface area contributed by atoms with Crippen molar-refractivity contribution >= 4 is 27.6 Å². The zero-order chi connectivity index (χ0) is 27.7. The first-order chi connectivity index (χ1) is 17.9. The Morgan fingerprint density at radius 2 is 1.95 bits per heavy atom. The van der Waals surface area contributed by atoms with Crippen LogP contribution in [0, 0.1) is 11.8 Å². The molecular weight excluding hydrogens is 502 g/mol. The van der Waals surface area contributed by atoms with Gasteiger partial charge in [-0.1, -0.05) is 45.0 Å². The summed E-state index contributed by atoms with van der Waals surface area (Å²) >= 11 is 0. The number of para-hydroxylation sites is 1. The third-order valence-corrected chi connectivity index (χ3v) is 7.69. The quantitative estimate of drug-likeness (QED) is 0.430. The molecule has 0 spiro atoms. The summed E-state index contributed by atoms with van der Waals surface area (Å²) in [4.78, 5) is 24.3. The van der Waals surface area contributed by atoms with Gasteiger partial charge < -0.3 is 15.4 Å². The molecular formula is C28H35N5O4S. The van der Waals surface area contributed by atoms with E-state index in [0.29, 0.717) is 42.1 Å². The fourth-order valence-corrected chi connectivity index (χ4v) is 5.79. The van der Waals surface area contributed by atoms with E-state index in [-0.39, 0.29) is 21.9 Å². The molecule has 0 aliphatic carbocycles. The predicted molar refractivity (Wildman–Crippen MR) is 149 cm³/mol. The van der Waals surface area contributed by atoms with E-state index in [9.17, 15) is 13.2 Å². The number of pyridine rings is 2. The van der Waals surface area contributed by atoms with Crippen LogP contribution in [0.4, 0.5) is 11.6 Å². The van der Waals surface area contributed by atoms with Crippen LogP contribution in [0.5, 0.6) is 5.75 Å². The monoisotopic (exact) mass is 537 g/mol. The molecule has 3 aromatic rings. The van der Waals surface area contributed by atoms with Crippen molar-refractivity contribution in [2.45, 2.75) is 51.6 Å². The lowest BCUT2D eigenvalue weighted by Gasteiger charge is -2.34. The molecule has 1 atom stereocenters. The number of ether oxygens (including phenoxy) is 1. The molecule has 0 bridgehead atoms. The number of carbonyl (C=O) groups is 1. The number of aromatic nitrogens is 2. The van der Waals surface area contributed by atoms with Crippen LogP contribution in [0.2, 0.25) is 0 Å². The van der Waals surface area contributed by atoms with E-state index in [4.69, 9.17) is 15.5 Å². The van der Waals surface area contributed by atoms with Gasteiger partial charge in [0, 0.05) is 29.4 Å². The highest BCUT2D eigenvalue weighted by atomic mass is 32.2. The molecule has 1 aliphatic heterocycles. The second kappa shape index (κ2) is 10.6. The summed E-state index contributed by atoms with van der Waals surface area (Å²) in [6.07, 6.45) is 2.62. The molecule has 1 aliphatic rings. The number of sulfonamides is 1. The lowest BCUT2D eigenvalue weighted by molar-refractivity contribution is 0.0981. The predicted octanol–water partition coefficient (Wildman–Crippen LogP) is 4.50. The molecule has 4 rings (SSSR count). The van der Waals surface area contributed by atoms with Gasteiger partial charge in [0.15, 0.2) is 5.03 Å². The van der Waals surface area contributed by atoms with Crippen molar-refractivity contribution in [2.75, 3.05) is 23.8 Å². The number of benzene rings is 1. The van der Waals surface area contributed by atoms with Gasteiger partial charge in [-0.3, -0.25) is 4.79 Å². The first-order valence-corrected chi connectivity index (χ1v) is 14.2. The molecule has 0 saturated carbocycles. The third kappa shape index (κ3) is 5.91. The smallest absolute Gasteiger partial charge is 0.281 e. The SMILES string of the molecule is CC(C)COc1ccccc1-c1cnc(N2CC(C)CC2(C)C)c(C(=O)NS(=O)(=O)c2cccc(N)n2)c1. The molecule has 0 radical (unpaired) electrons. The normalized spacial score (nSPS) is 17.0. The van der Waals surface area contributed by atoms with Gasteiger partial charge in [-0.15, -0.1) is 0 Å². The number of nitrogens with one attached hydrogen (secondary N) is 1. The average Bonchev–Trinajstić information content (AvgIpc) is 3.13. The average molecular weight is 538 g/mol. The first-order valence-electron chi connectivity index (χ1n) is 12.7. The van der Waals surface area contributed by atoms with Crippen LogP contribution >= 0.6 is 0 Å². The number of rotatable bonds is 8. The molecule has 1 aromatic carbocycles. The van der Waals surface area contributed by atoms with Crippen LogP contribution in [0.3, 0.4) is 0 Å². The van der Waals surface area contributed by atoms with Crippen LogP contribution in [0.1, 0.15) is 51.4 Å². The fraction of sp³-hybridized carbons (Fsp3) is 0.393. The summed E-state index contributed by atoms with van der Waals surface area (Å²) in [5.74, 6) is 1.04. The lowest BCUT2D eigenvalue weighted by atomic mass is 9.97.